The van der Waals surface area contributed by atoms with Gasteiger partial charge in [-0.1, -0.05) is 0 Å². The van der Waals surface area contributed by atoms with Gasteiger partial charge in [-0.25, -0.2) is 9.97 Å². The molecule has 2 N–H and O–H groups in total. The van der Waals surface area contributed by atoms with Crippen LogP contribution in [-0.4, -0.2) is 23.6 Å². The molecule has 0 spiro atoms. The van der Waals surface area contributed by atoms with Crippen molar-refractivity contribution in [2.24, 2.45) is 0 Å². The Morgan fingerprint density at radius 2 is 2.26 bits per heavy atom. The largest absolute Gasteiger partial charge is 0.493 e. The van der Waals surface area contributed by atoms with Crippen molar-refractivity contribution in [3.05, 3.63) is 41.9 Å². The lowest BCUT2D eigenvalue weighted by Gasteiger charge is -2.19. The topological polar surface area (TPSA) is 64.3 Å². The van der Waals surface area contributed by atoms with Crippen molar-refractivity contribution < 1.29 is 4.74 Å². The highest BCUT2D eigenvalue weighted by molar-refractivity contribution is 5.53. The molecule has 19 heavy (non-hydrogen) atoms. The van der Waals surface area contributed by atoms with Gasteiger partial charge in [0.15, 0.2) is 0 Å². The van der Waals surface area contributed by atoms with Gasteiger partial charge < -0.3 is 15.4 Å². The zero-order valence-electron chi connectivity index (χ0n) is 10.8. The third-order valence-corrected chi connectivity index (χ3v) is 3.22. The van der Waals surface area contributed by atoms with E-state index in [0.29, 0.717) is 12.4 Å². The second-order valence-electron chi connectivity index (χ2n) is 4.64. The van der Waals surface area contributed by atoms with Gasteiger partial charge in [0, 0.05) is 25.4 Å². The number of hydrogen-bond donors (Lipinski definition) is 1. The van der Waals surface area contributed by atoms with Gasteiger partial charge >= 0.3 is 0 Å². The fourth-order valence-electron chi connectivity index (χ4n) is 2.20. The maximum atomic E-state index is 5.66. The third-order valence-electron chi connectivity index (χ3n) is 3.22. The minimum atomic E-state index is 0.501. The van der Waals surface area contributed by atoms with Gasteiger partial charge in [0.2, 0.25) is 0 Å². The lowest BCUT2D eigenvalue weighted by molar-refractivity contribution is 0.357. The van der Waals surface area contributed by atoms with Gasteiger partial charge in [-0.15, -0.1) is 0 Å². The van der Waals surface area contributed by atoms with Crippen LogP contribution in [0.1, 0.15) is 11.4 Å². The molecule has 1 aliphatic rings. The Labute approximate surface area is 112 Å². The summed E-state index contributed by atoms with van der Waals surface area (Å²) in [7, 11) is 2.02. The van der Waals surface area contributed by atoms with Crippen LogP contribution in [0.3, 0.4) is 0 Å². The van der Waals surface area contributed by atoms with Crippen LogP contribution in [0.4, 0.5) is 11.5 Å². The van der Waals surface area contributed by atoms with Crippen molar-refractivity contribution in [2.45, 2.75) is 13.0 Å². The first-order valence-electron chi connectivity index (χ1n) is 6.26. The van der Waals surface area contributed by atoms with Crippen LogP contribution >= 0.6 is 0 Å². The predicted molar refractivity (Wildman–Crippen MR) is 74.2 cm³/mol. The van der Waals surface area contributed by atoms with Crippen LogP contribution in [0.2, 0.25) is 0 Å². The van der Waals surface area contributed by atoms with Gasteiger partial charge in [-0.3, -0.25) is 0 Å². The van der Waals surface area contributed by atoms with Gasteiger partial charge in [-0.05, 0) is 29.8 Å². The average Bonchev–Trinajstić information content (AvgIpc) is 2.85. The number of benzene rings is 1. The lowest BCUT2D eigenvalue weighted by atomic mass is 10.1. The van der Waals surface area contributed by atoms with Crippen LogP contribution in [0.25, 0.3) is 0 Å². The molecule has 0 amide bonds. The molecule has 1 aromatic carbocycles. The lowest BCUT2D eigenvalue weighted by Crippen LogP contribution is -2.18. The van der Waals surface area contributed by atoms with Crippen LogP contribution in [0.5, 0.6) is 5.75 Å². The number of nitrogens with two attached hydrogens (primary N) is 1. The summed E-state index contributed by atoms with van der Waals surface area (Å²) in [5.41, 5.74) is 8.06. The third kappa shape index (κ3) is 2.45. The van der Waals surface area contributed by atoms with Crippen molar-refractivity contribution in [1.29, 1.82) is 0 Å². The van der Waals surface area contributed by atoms with E-state index in [9.17, 15) is 0 Å². The molecular formula is C14H16N4O. The molecule has 5 heteroatoms. The van der Waals surface area contributed by atoms with E-state index in [0.717, 1.165) is 30.3 Å². The Balaban J connectivity index is 1.78. The number of anilines is 2. The molecule has 1 aromatic heterocycles. The molecule has 3 rings (SSSR count). The highest BCUT2D eigenvalue weighted by atomic mass is 16.5. The maximum Gasteiger partial charge on any atom is 0.149 e. The Bertz CT molecular complexity index is 600. The quantitative estimate of drug-likeness (QED) is 0.904. The molecule has 0 unspecified atom stereocenters. The summed E-state index contributed by atoms with van der Waals surface area (Å²) < 4.78 is 5.51. The first kappa shape index (κ1) is 11.8. The number of nitrogens with zero attached hydrogens (tertiary/aromatic N) is 3. The SMILES string of the molecule is CN(Cc1nccc(N)n1)c1ccc2c(c1)CCO2. The van der Waals surface area contributed by atoms with Crippen LogP contribution < -0.4 is 15.4 Å². The Hall–Kier alpha value is -2.30. The van der Waals surface area contributed by atoms with Crippen molar-refractivity contribution >= 4 is 11.5 Å². The zero-order chi connectivity index (χ0) is 13.2. The number of nitrogen functional groups attached to an aromatic ring is 1. The van der Waals surface area contributed by atoms with E-state index in [4.69, 9.17) is 10.5 Å². The van der Waals surface area contributed by atoms with E-state index in [1.807, 2.05) is 13.1 Å². The zero-order valence-corrected chi connectivity index (χ0v) is 10.8. The fourth-order valence-corrected chi connectivity index (χ4v) is 2.20. The first-order valence-corrected chi connectivity index (χ1v) is 6.26. The average molecular weight is 256 g/mol. The number of hydrogen-bond acceptors (Lipinski definition) is 5. The van der Waals surface area contributed by atoms with Crippen LogP contribution in [-0.2, 0) is 13.0 Å². The van der Waals surface area contributed by atoms with Gasteiger partial charge in [-0.2, -0.15) is 0 Å². The van der Waals surface area contributed by atoms with Gasteiger partial charge in [0.05, 0.1) is 13.2 Å². The summed E-state index contributed by atoms with van der Waals surface area (Å²) in [6.07, 6.45) is 2.66. The molecule has 0 bridgehead atoms. The van der Waals surface area contributed by atoms with Crippen LogP contribution in [0.15, 0.2) is 30.5 Å². The molecule has 0 saturated carbocycles. The molecule has 0 aliphatic carbocycles. The molecule has 2 heterocycles. The van der Waals surface area contributed by atoms with Crippen molar-refractivity contribution in [3.8, 4) is 5.75 Å². The number of rotatable bonds is 3. The number of ether oxygens (including phenoxy) is 1. The standard InChI is InChI=1S/C14H16N4O/c1-18(9-14-16-6-4-13(15)17-14)11-2-3-12-10(8-11)5-7-19-12/h2-4,6,8H,5,7,9H2,1H3,(H2,15,16,17). The molecule has 0 radical (unpaired) electrons. The second kappa shape index (κ2) is 4.76. The first-order chi connectivity index (χ1) is 9.22. The number of aromatic nitrogens is 2. The Morgan fingerprint density at radius 1 is 1.37 bits per heavy atom. The summed E-state index contributed by atoms with van der Waals surface area (Å²) >= 11 is 0. The molecular weight excluding hydrogens is 240 g/mol. The maximum absolute atomic E-state index is 5.66. The minimum Gasteiger partial charge on any atom is -0.493 e. The fraction of sp³-hybridized carbons (Fsp3) is 0.286. The highest BCUT2D eigenvalue weighted by Crippen LogP contribution is 2.29. The summed E-state index contributed by atoms with van der Waals surface area (Å²) in [4.78, 5) is 10.5. The molecule has 0 fully saturated rings. The summed E-state index contributed by atoms with van der Waals surface area (Å²) in [5.74, 6) is 2.22. The van der Waals surface area contributed by atoms with E-state index in [1.54, 1.807) is 12.3 Å². The van der Waals surface area contributed by atoms with Crippen molar-refractivity contribution in [2.75, 3.05) is 24.3 Å². The molecule has 1 aliphatic heterocycles. The van der Waals surface area contributed by atoms with E-state index >= 15 is 0 Å². The molecule has 0 saturated heterocycles. The van der Waals surface area contributed by atoms with Crippen LogP contribution in [0, 0.1) is 0 Å². The molecule has 2 aromatic rings. The predicted octanol–water partition coefficient (Wildman–Crippen LogP) is 1.63. The monoisotopic (exact) mass is 256 g/mol. The molecule has 0 atom stereocenters. The minimum absolute atomic E-state index is 0.501. The van der Waals surface area contributed by atoms with E-state index in [1.165, 1.54) is 5.56 Å². The van der Waals surface area contributed by atoms with Gasteiger partial charge in [0.1, 0.15) is 17.4 Å². The van der Waals surface area contributed by atoms with E-state index < -0.39 is 0 Å². The molecule has 5 nitrogen and oxygen atoms in total. The second-order valence-corrected chi connectivity index (χ2v) is 4.64. The van der Waals surface area contributed by atoms with Gasteiger partial charge in [0.25, 0.3) is 0 Å². The summed E-state index contributed by atoms with van der Waals surface area (Å²) in [6.45, 7) is 1.41. The van der Waals surface area contributed by atoms with Crippen molar-refractivity contribution in [3.63, 3.8) is 0 Å². The smallest absolute Gasteiger partial charge is 0.149 e. The Kier molecular flexibility index (Phi) is 2.95. The highest BCUT2D eigenvalue weighted by Gasteiger charge is 2.13. The van der Waals surface area contributed by atoms with Crippen molar-refractivity contribution in [1.82, 2.24) is 9.97 Å². The summed E-state index contributed by atoms with van der Waals surface area (Å²) in [6, 6.07) is 7.93. The molecule has 98 valence electrons. The number of fused-ring (bicyclic) bond motifs is 1. The summed E-state index contributed by atoms with van der Waals surface area (Å²) in [5, 5.41) is 0. The van der Waals surface area contributed by atoms with E-state index in [-0.39, 0.29) is 0 Å². The van der Waals surface area contributed by atoms with E-state index in [2.05, 4.69) is 27.0 Å². The Morgan fingerprint density at radius 3 is 3.11 bits per heavy atom. The normalized spacial score (nSPS) is 12.9.